The van der Waals surface area contributed by atoms with Crippen LogP contribution in [0.4, 0.5) is 8.78 Å². The van der Waals surface area contributed by atoms with Crippen LogP contribution < -0.4 is 0 Å². The number of benzene rings is 1. The van der Waals surface area contributed by atoms with Crippen LogP contribution in [-0.2, 0) is 11.3 Å². The van der Waals surface area contributed by atoms with Gasteiger partial charge >= 0.3 is 0 Å². The highest BCUT2D eigenvalue weighted by Gasteiger charge is 2.15. The minimum absolute atomic E-state index is 0.0000455. The van der Waals surface area contributed by atoms with E-state index in [1.54, 1.807) is 6.07 Å². The second-order valence-corrected chi connectivity index (χ2v) is 5.17. The highest BCUT2D eigenvalue weighted by Crippen LogP contribution is 2.13. The Morgan fingerprint density at radius 1 is 1.19 bits per heavy atom. The summed E-state index contributed by atoms with van der Waals surface area (Å²) in [4.78, 5) is 4.21. The van der Waals surface area contributed by atoms with E-state index in [1.165, 1.54) is 6.07 Å². The number of halogens is 2. The Balaban J connectivity index is 1.90. The first-order chi connectivity index (χ1) is 10.2. The highest BCUT2D eigenvalue weighted by atomic mass is 19.2. The number of rotatable bonds is 7. The lowest BCUT2D eigenvalue weighted by Crippen LogP contribution is -2.42. The smallest absolute Gasteiger partial charge is 0.163 e. The number of aliphatic hydroxyl groups excluding tert-OH is 1. The Morgan fingerprint density at radius 3 is 2.67 bits per heavy atom. The molecule has 1 heterocycles. The second-order valence-electron chi connectivity index (χ2n) is 5.17. The lowest BCUT2D eigenvalue weighted by atomic mass is 10.2. The number of morpholine rings is 1. The van der Waals surface area contributed by atoms with Gasteiger partial charge in [-0.15, -0.1) is 0 Å². The van der Waals surface area contributed by atoms with Gasteiger partial charge in [0.25, 0.3) is 0 Å². The molecule has 4 nitrogen and oxygen atoms in total. The van der Waals surface area contributed by atoms with E-state index in [1.807, 2.05) is 4.90 Å². The quantitative estimate of drug-likeness (QED) is 0.818. The lowest BCUT2D eigenvalue weighted by molar-refractivity contribution is 0.0319. The monoisotopic (exact) mass is 300 g/mol. The van der Waals surface area contributed by atoms with E-state index in [-0.39, 0.29) is 6.61 Å². The molecule has 0 spiro atoms. The van der Waals surface area contributed by atoms with E-state index < -0.39 is 11.6 Å². The first-order valence-corrected chi connectivity index (χ1v) is 7.27. The summed E-state index contributed by atoms with van der Waals surface area (Å²) in [6.07, 6.45) is 0. The van der Waals surface area contributed by atoms with Crippen molar-refractivity contribution >= 4 is 0 Å². The zero-order chi connectivity index (χ0) is 15.1. The summed E-state index contributed by atoms with van der Waals surface area (Å²) in [5.41, 5.74) is 0.324. The molecular weight excluding hydrogens is 278 g/mol. The molecule has 2 rings (SSSR count). The van der Waals surface area contributed by atoms with Gasteiger partial charge in [0, 0.05) is 44.8 Å². The van der Waals surface area contributed by atoms with E-state index in [2.05, 4.69) is 4.90 Å². The summed E-state index contributed by atoms with van der Waals surface area (Å²) < 4.78 is 32.2. The van der Waals surface area contributed by atoms with Crippen LogP contribution in [0.2, 0.25) is 0 Å². The van der Waals surface area contributed by atoms with E-state index in [4.69, 9.17) is 9.84 Å². The molecule has 1 N–H and O–H groups in total. The maximum Gasteiger partial charge on any atom is 0.163 e. The van der Waals surface area contributed by atoms with Crippen molar-refractivity contribution in [2.75, 3.05) is 52.5 Å². The van der Waals surface area contributed by atoms with Crippen molar-refractivity contribution < 1.29 is 18.6 Å². The molecule has 0 amide bonds. The average molecular weight is 300 g/mol. The maximum absolute atomic E-state index is 13.7. The maximum atomic E-state index is 13.7. The number of nitrogens with zero attached hydrogens (tertiary/aromatic N) is 2. The standard InChI is InChI=1S/C15H22F2N2O2/c16-14-3-1-2-13(15(14)17)12-19(6-9-20)5-4-18-7-10-21-11-8-18/h1-3,20H,4-12H2. The predicted octanol–water partition coefficient (Wildman–Crippen LogP) is 1.09. The molecular formula is C15H22F2N2O2. The molecule has 0 aliphatic carbocycles. The second kappa shape index (κ2) is 8.38. The van der Waals surface area contributed by atoms with Crippen molar-refractivity contribution in [3.05, 3.63) is 35.4 Å². The van der Waals surface area contributed by atoms with Crippen LogP contribution in [0.25, 0.3) is 0 Å². The summed E-state index contributed by atoms with van der Waals surface area (Å²) >= 11 is 0. The van der Waals surface area contributed by atoms with Crippen molar-refractivity contribution in [2.24, 2.45) is 0 Å². The molecule has 1 fully saturated rings. The third-order valence-electron chi connectivity index (χ3n) is 3.68. The summed E-state index contributed by atoms with van der Waals surface area (Å²) in [7, 11) is 0. The van der Waals surface area contributed by atoms with Crippen LogP contribution >= 0.6 is 0 Å². The van der Waals surface area contributed by atoms with Gasteiger partial charge in [-0.2, -0.15) is 0 Å². The van der Waals surface area contributed by atoms with Gasteiger partial charge < -0.3 is 9.84 Å². The molecule has 0 unspecified atom stereocenters. The third kappa shape index (κ3) is 5.00. The Morgan fingerprint density at radius 2 is 1.95 bits per heavy atom. The number of hydrogen-bond acceptors (Lipinski definition) is 4. The van der Waals surface area contributed by atoms with Crippen LogP contribution in [0, 0.1) is 11.6 Å². The number of hydrogen-bond donors (Lipinski definition) is 1. The van der Waals surface area contributed by atoms with Gasteiger partial charge in [-0.05, 0) is 6.07 Å². The van der Waals surface area contributed by atoms with E-state index in [0.29, 0.717) is 25.2 Å². The van der Waals surface area contributed by atoms with Crippen LogP contribution in [0.1, 0.15) is 5.56 Å². The Hall–Kier alpha value is -1.08. The molecule has 0 bridgehead atoms. The fourth-order valence-corrected chi connectivity index (χ4v) is 2.43. The fourth-order valence-electron chi connectivity index (χ4n) is 2.43. The van der Waals surface area contributed by atoms with Gasteiger partial charge in [-0.3, -0.25) is 9.80 Å². The van der Waals surface area contributed by atoms with E-state index in [9.17, 15) is 8.78 Å². The summed E-state index contributed by atoms with van der Waals surface area (Å²) in [5.74, 6) is -1.63. The first-order valence-electron chi connectivity index (χ1n) is 7.27. The topological polar surface area (TPSA) is 35.9 Å². The zero-order valence-electron chi connectivity index (χ0n) is 12.1. The molecule has 1 aliphatic heterocycles. The average Bonchev–Trinajstić information content (AvgIpc) is 2.50. The fraction of sp³-hybridized carbons (Fsp3) is 0.600. The predicted molar refractivity (Wildman–Crippen MR) is 76.0 cm³/mol. The van der Waals surface area contributed by atoms with Crippen molar-refractivity contribution in [2.45, 2.75) is 6.54 Å². The zero-order valence-corrected chi connectivity index (χ0v) is 12.1. The third-order valence-corrected chi connectivity index (χ3v) is 3.68. The molecule has 118 valence electrons. The van der Waals surface area contributed by atoms with Crippen LogP contribution in [0.15, 0.2) is 18.2 Å². The van der Waals surface area contributed by atoms with Crippen molar-refractivity contribution in [1.29, 1.82) is 0 Å². The molecule has 1 aliphatic rings. The molecule has 1 saturated heterocycles. The van der Waals surface area contributed by atoms with Gasteiger partial charge in [0.2, 0.25) is 0 Å². The Bertz CT molecular complexity index is 440. The van der Waals surface area contributed by atoms with Crippen LogP contribution in [-0.4, -0.2) is 67.5 Å². The van der Waals surface area contributed by atoms with E-state index >= 15 is 0 Å². The SMILES string of the molecule is OCCN(CCN1CCOCC1)Cc1cccc(F)c1F. The molecule has 0 atom stereocenters. The molecule has 1 aromatic rings. The number of aliphatic hydroxyl groups is 1. The van der Waals surface area contributed by atoms with Crippen molar-refractivity contribution in [1.82, 2.24) is 9.80 Å². The highest BCUT2D eigenvalue weighted by molar-refractivity contribution is 5.18. The van der Waals surface area contributed by atoms with E-state index in [0.717, 1.165) is 38.9 Å². The Labute approximate surface area is 123 Å². The van der Waals surface area contributed by atoms with Gasteiger partial charge in [-0.1, -0.05) is 12.1 Å². The minimum Gasteiger partial charge on any atom is -0.395 e. The minimum atomic E-state index is -0.829. The van der Waals surface area contributed by atoms with Gasteiger partial charge in [0.05, 0.1) is 19.8 Å². The summed E-state index contributed by atoms with van der Waals surface area (Å²) in [6, 6.07) is 4.20. The van der Waals surface area contributed by atoms with Gasteiger partial charge in [0.1, 0.15) is 0 Å². The Kier molecular flexibility index (Phi) is 6.50. The van der Waals surface area contributed by atoms with Gasteiger partial charge in [-0.25, -0.2) is 8.78 Å². The normalized spacial score (nSPS) is 16.6. The molecule has 0 aromatic heterocycles. The molecule has 1 aromatic carbocycles. The summed E-state index contributed by atoms with van der Waals surface area (Å²) in [5, 5.41) is 9.13. The largest absolute Gasteiger partial charge is 0.395 e. The number of ether oxygens (including phenoxy) is 1. The van der Waals surface area contributed by atoms with Crippen LogP contribution in [0.5, 0.6) is 0 Å². The van der Waals surface area contributed by atoms with Crippen molar-refractivity contribution in [3.8, 4) is 0 Å². The molecule has 6 heteroatoms. The summed E-state index contributed by atoms with van der Waals surface area (Å²) in [6.45, 7) is 5.53. The van der Waals surface area contributed by atoms with Gasteiger partial charge in [0.15, 0.2) is 11.6 Å². The molecule has 21 heavy (non-hydrogen) atoms. The van der Waals surface area contributed by atoms with Crippen LogP contribution in [0.3, 0.4) is 0 Å². The first kappa shape index (κ1) is 16.3. The lowest BCUT2D eigenvalue weighted by Gasteiger charge is -2.29. The molecule has 0 radical (unpaired) electrons. The van der Waals surface area contributed by atoms with Crippen molar-refractivity contribution in [3.63, 3.8) is 0 Å². The molecule has 0 saturated carbocycles.